The fraction of sp³-hybridized carbons (Fsp3) is 0.368. The first kappa shape index (κ1) is 15.6. The lowest BCUT2D eigenvalue weighted by atomic mass is 9.85. The third-order valence-electron chi connectivity index (χ3n) is 4.26. The highest BCUT2D eigenvalue weighted by molar-refractivity contribution is 5.34. The van der Waals surface area contributed by atoms with Gasteiger partial charge in [-0.15, -0.1) is 0 Å². The van der Waals surface area contributed by atoms with E-state index >= 15 is 0 Å². The van der Waals surface area contributed by atoms with E-state index in [9.17, 15) is 0 Å². The van der Waals surface area contributed by atoms with Crippen LogP contribution in [0.3, 0.4) is 0 Å². The molecule has 0 aliphatic carbocycles. The first-order chi connectivity index (χ1) is 9.92. The molecule has 0 fully saturated rings. The minimum atomic E-state index is -0.307. The van der Waals surface area contributed by atoms with E-state index in [0.717, 1.165) is 18.6 Å². The van der Waals surface area contributed by atoms with Crippen LogP contribution >= 0.6 is 0 Å². The average molecular weight is 283 g/mol. The van der Waals surface area contributed by atoms with E-state index in [2.05, 4.69) is 51.1 Å². The summed E-state index contributed by atoms with van der Waals surface area (Å²) in [6.07, 6.45) is 1.88. The van der Waals surface area contributed by atoms with E-state index in [1.54, 1.807) is 7.11 Å². The van der Waals surface area contributed by atoms with Crippen LogP contribution < -0.4 is 10.5 Å². The lowest BCUT2D eigenvalue weighted by molar-refractivity contribution is 0.414. The van der Waals surface area contributed by atoms with Gasteiger partial charge in [0.15, 0.2) is 0 Å². The van der Waals surface area contributed by atoms with Crippen LogP contribution in [0.2, 0.25) is 0 Å². The maximum absolute atomic E-state index is 6.54. The van der Waals surface area contributed by atoms with Gasteiger partial charge in [-0.1, -0.05) is 30.3 Å². The molecule has 0 spiro atoms. The first-order valence-corrected chi connectivity index (χ1v) is 7.42. The summed E-state index contributed by atoms with van der Waals surface area (Å²) in [5, 5.41) is 0. The number of hydrogen-bond acceptors (Lipinski definition) is 2. The third kappa shape index (κ3) is 3.85. The van der Waals surface area contributed by atoms with Crippen LogP contribution in [0.15, 0.2) is 42.5 Å². The van der Waals surface area contributed by atoms with Crippen molar-refractivity contribution in [3.05, 3.63) is 64.7 Å². The molecular formula is C19H25NO. The van der Waals surface area contributed by atoms with E-state index in [1.165, 1.54) is 22.3 Å². The van der Waals surface area contributed by atoms with Gasteiger partial charge in [0.2, 0.25) is 0 Å². The van der Waals surface area contributed by atoms with Crippen molar-refractivity contribution in [2.45, 2.75) is 39.2 Å². The Hall–Kier alpha value is -1.80. The molecule has 2 N–H and O–H groups in total. The standard InChI is InChI=1S/C19H25NO/c1-14-5-8-17(13-15(14)2)19(3,20)12-11-16-6-9-18(21-4)10-7-16/h5-10,13H,11-12,20H2,1-4H3. The molecule has 2 aromatic rings. The van der Waals surface area contributed by atoms with Gasteiger partial charge in [-0.05, 0) is 68.0 Å². The zero-order valence-electron chi connectivity index (χ0n) is 13.4. The van der Waals surface area contributed by atoms with E-state index in [4.69, 9.17) is 10.5 Å². The lowest BCUT2D eigenvalue weighted by Gasteiger charge is -2.26. The zero-order chi connectivity index (χ0) is 15.5. The summed E-state index contributed by atoms with van der Waals surface area (Å²) in [5.41, 5.74) is 11.3. The van der Waals surface area contributed by atoms with Crippen LogP contribution in [0.5, 0.6) is 5.75 Å². The Labute approximate surface area is 127 Å². The van der Waals surface area contributed by atoms with Gasteiger partial charge >= 0.3 is 0 Å². The molecule has 2 heteroatoms. The van der Waals surface area contributed by atoms with Gasteiger partial charge in [0.25, 0.3) is 0 Å². The number of benzene rings is 2. The largest absolute Gasteiger partial charge is 0.497 e. The minimum Gasteiger partial charge on any atom is -0.497 e. The highest BCUT2D eigenvalue weighted by atomic mass is 16.5. The van der Waals surface area contributed by atoms with E-state index in [-0.39, 0.29) is 5.54 Å². The Morgan fingerprint density at radius 3 is 2.24 bits per heavy atom. The van der Waals surface area contributed by atoms with Crippen LogP contribution in [-0.2, 0) is 12.0 Å². The number of rotatable bonds is 5. The predicted molar refractivity (Wildman–Crippen MR) is 88.8 cm³/mol. The SMILES string of the molecule is COc1ccc(CCC(C)(N)c2ccc(C)c(C)c2)cc1. The Morgan fingerprint density at radius 2 is 1.67 bits per heavy atom. The second-order valence-corrected chi connectivity index (χ2v) is 6.06. The van der Waals surface area contributed by atoms with Gasteiger partial charge < -0.3 is 10.5 Å². The molecule has 0 aromatic heterocycles. The van der Waals surface area contributed by atoms with Gasteiger partial charge in [-0.2, -0.15) is 0 Å². The molecule has 0 saturated heterocycles. The maximum atomic E-state index is 6.54. The topological polar surface area (TPSA) is 35.2 Å². The molecule has 112 valence electrons. The van der Waals surface area contributed by atoms with Gasteiger partial charge in [0.1, 0.15) is 5.75 Å². The normalized spacial score (nSPS) is 13.8. The van der Waals surface area contributed by atoms with Crippen molar-refractivity contribution in [1.82, 2.24) is 0 Å². The van der Waals surface area contributed by atoms with E-state index in [1.807, 2.05) is 12.1 Å². The molecule has 0 saturated carbocycles. The van der Waals surface area contributed by atoms with Crippen LogP contribution in [0, 0.1) is 13.8 Å². The first-order valence-electron chi connectivity index (χ1n) is 7.42. The summed E-state index contributed by atoms with van der Waals surface area (Å²) in [7, 11) is 1.69. The van der Waals surface area contributed by atoms with Crippen molar-refractivity contribution in [2.24, 2.45) is 5.73 Å². The highest BCUT2D eigenvalue weighted by Gasteiger charge is 2.21. The Kier molecular flexibility index (Phi) is 4.69. The monoisotopic (exact) mass is 283 g/mol. The van der Waals surface area contributed by atoms with Crippen molar-refractivity contribution >= 4 is 0 Å². The molecule has 0 heterocycles. The number of nitrogens with two attached hydrogens (primary N) is 1. The molecule has 2 rings (SSSR count). The van der Waals surface area contributed by atoms with Crippen molar-refractivity contribution in [1.29, 1.82) is 0 Å². The predicted octanol–water partition coefficient (Wildman–Crippen LogP) is 4.12. The average Bonchev–Trinajstić information content (AvgIpc) is 2.48. The number of ether oxygens (including phenoxy) is 1. The fourth-order valence-corrected chi connectivity index (χ4v) is 2.44. The minimum absolute atomic E-state index is 0.307. The quantitative estimate of drug-likeness (QED) is 0.896. The second kappa shape index (κ2) is 6.31. The van der Waals surface area contributed by atoms with E-state index < -0.39 is 0 Å². The Balaban J connectivity index is 2.07. The molecule has 0 aliphatic heterocycles. The molecule has 1 unspecified atom stereocenters. The molecule has 21 heavy (non-hydrogen) atoms. The smallest absolute Gasteiger partial charge is 0.118 e. The number of hydrogen-bond donors (Lipinski definition) is 1. The fourth-order valence-electron chi connectivity index (χ4n) is 2.44. The van der Waals surface area contributed by atoms with Gasteiger partial charge in [0.05, 0.1) is 7.11 Å². The molecule has 1 atom stereocenters. The Bertz CT molecular complexity index is 599. The Morgan fingerprint density at radius 1 is 1.00 bits per heavy atom. The summed E-state index contributed by atoms with van der Waals surface area (Å²) < 4.78 is 5.18. The van der Waals surface area contributed by atoms with Crippen LogP contribution in [0.4, 0.5) is 0 Å². The molecule has 0 radical (unpaired) electrons. The summed E-state index contributed by atoms with van der Waals surface area (Å²) in [6.45, 7) is 6.38. The molecule has 0 aliphatic rings. The molecular weight excluding hydrogens is 258 g/mol. The highest BCUT2D eigenvalue weighted by Crippen LogP contribution is 2.26. The van der Waals surface area contributed by atoms with Gasteiger partial charge in [-0.3, -0.25) is 0 Å². The number of aryl methyl sites for hydroxylation is 3. The van der Waals surface area contributed by atoms with Crippen LogP contribution in [0.1, 0.15) is 35.6 Å². The summed E-state index contributed by atoms with van der Waals surface area (Å²) >= 11 is 0. The van der Waals surface area contributed by atoms with Gasteiger partial charge in [0, 0.05) is 5.54 Å². The molecule has 0 amide bonds. The maximum Gasteiger partial charge on any atom is 0.118 e. The van der Waals surface area contributed by atoms with Crippen LogP contribution in [-0.4, -0.2) is 7.11 Å². The van der Waals surface area contributed by atoms with Crippen molar-refractivity contribution in [3.63, 3.8) is 0 Å². The van der Waals surface area contributed by atoms with Crippen molar-refractivity contribution in [3.8, 4) is 5.75 Å². The molecule has 2 aromatic carbocycles. The summed E-state index contributed by atoms with van der Waals surface area (Å²) in [5.74, 6) is 0.892. The summed E-state index contributed by atoms with van der Waals surface area (Å²) in [4.78, 5) is 0. The third-order valence-corrected chi connectivity index (χ3v) is 4.26. The summed E-state index contributed by atoms with van der Waals surface area (Å²) in [6, 6.07) is 14.7. The van der Waals surface area contributed by atoms with E-state index in [0.29, 0.717) is 0 Å². The second-order valence-electron chi connectivity index (χ2n) is 6.06. The van der Waals surface area contributed by atoms with Gasteiger partial charge in [-0.25, -0.2) is 0 Å². The molecule has 0 bridgehead atoms. The lowest BCUT2D eigenvalue weighted by Crippen LogP contribution is -2.33. The zero-order valence-corrected chi connectivity index (χ0v) is 13.4. The molecule has 2 nitrogen and oxygen atoms in total. The van der Waals surface area contributed by atoms with Crippen molar-refractivity contribution in [2.75, 3.05) is 7.11 Å². The number of methoxy groups -OCH3 is 1. The van der Waals surface area contributed by atoms with Crippen molar-refractivity contribution < 1.29 is 4.74 Å². The van der Waals surface area contributed by atoms with Crippen LogP contribution in [0.25, 0.3) is 0 Å².